The van der Waals surface area contributed by atoms with E-state index in [0.717, 1.165) is 36.4 Å². The van der Waals surface area contributed by atoms with E-state index >= 15 is 0 Å². The van der Waals surface area contributed by atoms with Crippen molar-refractivity contribution in [2.75, 3.05) is 18.6 Å². The highest BCUT2D eigenvalue weighted by molar-refractivity contribution is 5.51. The number of hydrogen-bond donors (Lipinski definition) is 0. The lowest BCUT2D eigenvalue weighted by Crippen LogP contribution is -2.24. The third-order valence-electron chi connectivity index (χ3n) is 4.34. The molecule has 1 fully saturated rings. The lowest BCUT2D eigenvalue weighted by molar-refractivity contribution is 0.404. The Kier molecular flexibility index (Phi) is 3.37. The first-order valence-electron chi connectivity index (χ1n) is 7.67. The first-order chi connectivity index (χ1) is 11.3. The predicted molar refractivity (Wildman–Crippen MR) is 85.3 cm³/mol. The van der Waals surface area contributed by atoms with Crippen molar-refractivity contribution in [2.45, 2.75) is 18.9 Å². The van der Waals surface area contributed by atoms with E-state index in [4.69, 9.17) is 4.74 Å². The largest absolute Gasteiger partial charge is 0.496 e. The molecule has 3 aromatic rings. The van der Waals surface area contributed by atoms with Gasteiger partial charge in [-0.05, 0) is 37.1 Å². The normalized spacial score (nSPS) is 17.8. The number of anilines is 1. The monoisotopic (exact) mass is 312 g/mol. The molecule has 6 heteroatoms. The molecule has 4 rings (SSSR count). The molecule has 1 atom stereocenters. The van der Waals surface area contributed by atoms with Gasteiger partial charge in [-0.3, -0.25) is 0 Å². The molecule has 3 heterocycles. The second kappa shape index (κ2) is 5.53. The van der Waals surface area contributed by atoms with E-state index in [1.54, 1.807) is 30.0 Å². The summed E-state index contributed by atoms with van der Waals surface area (Å²) in [5.74, 6) is 1.35. The van der Waals surface area contributed by atoms with Crippen molar-refractivity contribution < 1.29 is 9.13 Å². The zero-order valence-corrected chi connectivity index (χ0v) is 12.8. The van der Waals surface area contributed by atoms with Crippen LogP contribution in [0.4, 0.5) is 10.2 Å². The lowest BCUT2D eigenvalue weighted by Gasteiger charge is -2.27. The van der Waals surface area contributed by atoms with Gasteiger partial charge < -0.3 is 9.64 Å². The van der Waals surface area contributed by atoms with Gasteiger partial charge in [-0.15, -0.1) is 0 Å². The number of aromatic nitrogens is 3. The molecule has 2 aromatic heterocycles. The van der Waals surface area contributed by atoms with Gasteiger partial charge in [0.05, 0.1) is 19.3 Å². The smallest absolute Gasteiger partial charge is 0.157 e. The number of rotatable bonds is 3. The number of hydrogen-bond acceptors (Lipinski definition) is 4. The van der Waals surface area contributed by atoms with Crippen LogP contribution >= 0.6 is 0 Å². The second-order valence-corrected chi connectivity index (χ2v) is 5.66. The minimum Gasteiger partial charge on any atom is -0.496 e. The standard InChI is InChI=1S/C17H17FN4O/c1-23-15-5-4-12(18)11-13(15)14-3-2-9-21(14)16-7-10-22-17(20-16)6-8-19-22/h4-8,10-11,14H,2-3,9H2,1H3/t14-/m1/s1. The summed E-state index contributed by atoms with van der Waals surface area (Å²) in [4.78, 5) is 6.88. The SMILES string of the molecule is COc1ccc(F)cc1[C@H]1CCCN1c1ccn2nccc2n1. The Hall–Kier alpha value is -2.63. The van der Waals surface area contributed by atoms with Crippen molar-refractivity contribution in [3.63, 3.8) is 0 Å². The minimum atomic E-state index is -0.244. The second-order valence-electron chi connectivity index (χ2n) is 5.66. The van der Waals surface area contributed by atoms with Crippen LogP contribution in [0.2, 0.25) is 0 Å². The van der Waals surface area contributed by atoms with Crippen LogP contribution in [-0.2, 0) is 0 Å². The minimum absolute atomic E-state index is 0.0681. The van der Waals surface area contributed by atoms with Crippen LogP contribution < -0.4 is 9.64 Å². The molecule has 0 aliphatic carbocycles. The van der Waals surface area contributed by atoms with Gasteiger partial charge in [0.15, 0.2) is 5.65 Å². The number of ether oxygens (including phenoxy) is 1. The molecule has 1 aliphatic heterocycles. The molecule has 0 unspecified atom stereocenters. The molecule has 0 saturated carbocycles. The van der Waals surface area contributed by atoms with E-state index in [1.807, 2.05) is 18.3 Å². The van der Waals surface area contributed by atoms with Crippen molar-refractivity contribution in [2.24, 2.45) is 0 Å². The van der Waals surface area contributed by atoms with Crippen LogP contribution in [0, 0.1) is 5.82 Å². The molecule has 0 spiro atoms. The van der Waals surface area contributed by atoms with E-state index in [9.17, 15) is 4.39 Å². The highest BCUT2D eigenvalue weighted by Crippen LogP contribution is 2.39. The topological polar surface area (TPSA) is 42.7 Å². The average Bonchev–Trinajstić information content (AvgIpc) is 3.23. The van der Waals surface area contributed by atoms with Crippen LogP contribution in [0.25, 0.3) is 5.65 Å². The van der Waals surface area contributed by atoms with E-state index in [-0.39, 0.29) is 11.9 Å². The first-order valence-corrected chi connectivity index (χ1v) is 7.67. The van der Waals surface area contributed by atoms with Crippen LogP contribution in [-0.4, -0.2) is 28.3 Å². The number of nitrogens with zero attached hydrogens (tertiary/aromatic N) is 4. The highest BCUT2D eigenvalue weighted by Gasteiger charge is 2.29. The Morgan fingerprint density at radius 1 is 1.26 bits per heavy atom. The summed E-state index contributed by atoms with van der Waals surface area (Å²) < 4.78 is 20.9. The average molecular weight is 312 g/mol. The zero-order chi connectivity index (χ0) is 15.8. The molecule has 0 bridgehead atoms. The summed E-state index contributed by atoms with van der Waals surface area (Å²) in [5, 5.41) is 4.17. The molecule has 5 nitrogen and oxygen atoms in total. The zero-order valence-electron chi connectivity index (χ0n) is 12.8. The molecule has 1 aliphatic rings. The van der Waals surface area contributed by atoms with E-state index < -0.39 is 0 Å². The highest BCUT2D eigenvalue weighted by atomic mass is 19.1. The molecule has 1 saturated heterocycles. The van der Waals surface area contributed by atoms with Crippen molar-refractivity contribution in [3.8, 4) is 5.75 Å². The molecule has 0 N–H and O–H groups in total. The van der Waals surface area contributed by atoms with E-state index in [2.05, 4.69) is 15.0 Å². The molecule has 0 amide bonds. The molecule has 0 radical (unpaired) electrons. The summed E-state index contributed by atoms with van der Waals surface area (Å²) in [5.41, 5.74) is 1.68. The Morgan fingerprint density at radius 2 is 2.17 bits per heavy atom. The molecular weight excluding hydrogens is 295 g/mol. The Bertz CT molecular complexity index is 847. The quantitative estimate of drug-likeness (QED) is 0.745. The fourth-order valence-corrected chi connectivity index (χ4v) is 3.29. The summed E-state index contributed by atoms with van der Waals surface area (Å²) in [6.07, 6.45) is 5.61. The molecular formula is C17H17FN4O. The summed E-state index contributed by atoms with van der Waals surface area (Å²) >= 11 is 0. The third kappa shape index (κ3) is 2.40. The van der Waals surface area contributed by atoms with Crippen molar-refractivity contribution >= 4 is 11.5 Å². The summed E-state index contributed by atoms with van der Waals surface area (Å²) in [6.45, 7) is 0.891. The summed E-state index contributed by atoms with van der Waals surface area (Å²) in [6, 6.07) is 8.58. The maximum atomic E-state index is 13.7. The predicted octanol–water partition coefficient (Wildman–Crippen LogP) is 3.22. The fraction of sp³-hybridized carbons (Fsp3) is 0.294. The van der Waals surface area contributed by atoms with Crippen LogP contribution in [0.1, 0.15) is 24.4 Å². The maximum absolute atomic E-state index is 13.7. The molecule has 1 aromatic carbocycles. The van der Waals surface area contributed by atoms with Gasteiger partial charge in [0.2, 0.25) is 0 Å². The van der Waals surface area contributed by atoms with Gasteiger partial charge >= 0.3 is 0 Å². The van der Waals surface area contributed by atoms with Gasteiger partial charge in [0.1, 0.15) is 17.4 Å². The van der Waals surface area contributed by atoms with E-state index in [0.29, 0.717) is 5.75 Å². The van der Waals surface area contributed by atoms with Crippen LogP contribution in [0.15, 0.2) is 42.7 Å². The van der Waals surface area contributed by atoms with Crippen LogP contribution in [0.5, 0.6) is 5.75 Å². The van der Waals surface area contributed by atoms with Gasteiger partial charge in [-0.2, -0.15) is 5.10 Å². The number of halogens is 1. The van der Waals surface area contributed by atoms with Gasteiger partial charge in [-0.25, -0.2) is 13.9 Å². The van der Waals surface area contributed by atoms with Gasteiger partial charge in [-0.1, -0.05) is 0 Å². The van der Waals surface area contributed by atoms with Gasteiger partial charge in [0, 0.05) is 24.4 Å². The Morgan fingerprint density at radius 3 is 3.04 bits per heavy atom. The van der Waals surface area contributed by atoms with Crippen molar-refractivity contribution in [1.82, 2.24) is 14.6 Å². The van der Waals surface area contributed by atoms with Crippen molar-refractivity contribution in [1.29, 1.82) is 0 Å². The first kappa shape index (κ1) is 14.0. The van der Waals surface area contributed by atoms with Crippen molar-refractivity contribution in [3.05, 3.63) is 54.1 Å². The summed E-state index contributed by atoms with van der Waals surface area (Å²) in [7, 11) is 1.62. The van der Waals surface area contributed by atoms with E-state index in [1.165, 1.54) is 6.07 Å². The van der Waals surface area contributed by atoms with Gasteiger partial charge in [0.25, 0.3) is 0 Å². The van der Waals surface area contributed by atoms with Crippen LogP contribution in [0.3, 0.4) is 0 Å². The Balaban J connectivity index is 1.75. The number of fused-ring (bicyclic) bond motifs is 1. The third-order valence-corrected chi connectivity index (χ3v) is 4.34. The maximum Gasteiger partial charge on any atom is 0.157 e. The Labute approximate surface area is 133 Å². The number of methoxy groups -OCH3 is 1. The number of benzene rings is 1. The molecule has 118 valence electrons. The fourth-order valence-electron chi connectivity index (χ4n) is 3.29. The lowest BCUT2D eigenvalue weighted by atomic mass is 10.0. The molecule has 23 heavy (non-hydrogen) atoms.